The van der Waals surface area contributed by atoms with E-state index in [9.17, 15) is 13.5 Å². The average Bonchev–Trinajstić information content (AvgIpc) is 2.98. The van der Waals surface area contributed by atoms with E-state index in [1.807, 2.05) is 0 Å². The molecule has 1 saturated carbocycles. The van der Waals surface area contributed by atoms with Gasteiger partial charge in [0, 0.05) is 16.7 Å². The van der Waals surface area contributed by atoms with Crippen LogP contribution in [-0.4, -0.2) is 36.7 Å². The summed E-state index contributed by atoms with van der Waals surface area (Å²) in [4.78, 5) is 0. The lowest BCUT2D eigenvalue weighted by atomic mass is 10.1. The molecule has 4 nitrogen and oxygen atoms in total. The minimum absolute atomic E-state index is 0.0215. The first-order valence-electron chi connectivity index (χ1n) is 5.73. The molecule has 0 bridgehead atoms. The zero-order valence-electron chi connectivity index (χ0n) is 10.0. The molecule has 100 valence electrons. The van der Waals surface area contributed by atoms with Crippen molar-refractivity contribution in [2.75, 3.05) is 12.4 Å². The molecule has 1 fully saturated rings. The molecule has 0 amide bonds. The van der Waals surface area contributed by atoms with Crippen molar-refractivity contribution in [3.8, 4) is 0 Å². The van der Waals surface area contributed by atoms with E-state index in [2.05, 4.69) is 0 Å². The lowest BCUT2D eigenvalue weighted by Crippen LogP contribution is -2.35. The third kappa shape index (κ3) is 2.05. The molecule has 0 aliphatic heterocycles. The van der Waals surface area contributed by atoms with Crippen LogP contribution >= 0.6 is 11.6 Å². The second-order valence-corrected chi connectivity index (χ2v) is 7.52. The van der Waals surface area contributed by atoms with Gasteiger partial charge in [-0.1, -0.05) is 30.7 Å². The SMILES string of the molecule is CCS(=O)(=O)[C@@H]1[C@H](c2cccc(Cl)c2)[C@]1(N)CO. The van der Waals surface area contributed by atoms with Crippen molar-refractivity contribution in [2.24, 2.45) is 5.73 Å². The number of nitrogens with two attached hydrogens (primary N) is 1. The largest absolute Gasteiger partial charge is 0.394 e. The van der Waals surface area contributed by atoms with E-state index >= 15 is 0 Å². The van der Waals surface area contributed by atoms with E-state index in [-0.39, 0.29) is 18.3 Å². The van der Waals surface area contributed by atoms with Gasteiger partial charge in [-0.05, 0) is 17.7 Å². The molecule has 1 aliphatic carbocycles. The Morgan fingerprint density at radius 2 is 2.17 bits per heavy atom. The van der Waals surface area contributed by atoms with Crippen LogP contribution in [0.4, 0.5) is 0 Å². The van der Waals surface area contributed by atoms with Gasteiger partial charge in [0.15, 0.2) is 9.84 Å². The third-order valence-corrected chi connectivity index (χ3v) is 6.10. The number of aliphatic hydroxyl groups is 1. The zero-order valence-corrected chi connectivity index (χ0v) is 11.6. The monoisotopic (exact) mass is 289 g/mol. The molecule has 0 radical (unpaired) electrons. The van der Waals surface area contributed by atoms with E-state index in [4.69, 9.17) is 17.3 Å². The number of hydrogen-bond acceptors (Lipinski definition) is 4. The van der Waals surface area contributed by atoms with Crippen LogP contribution in [0.3, 0.4) is 0 Å². The van der Waals surface area contributed by atoms with E-state index in [0.29, 0.717) is 5.02 Å². The molecule has 0 heterocycles. The van der Waals surface area contributed by atoms with E-state index in [1.54, 1.807) is 31.2 Å². The molecule has 0 unspecified atom stereocenters. The molecular formula is C12H16ClNO3S. The maximum absolute atomic E-state index is 12.0. The van der Waals surface area contributed by atoms with Crippen molar-refractivity contribution in [3.05, 3.63) is 34.9 Å². The van der Waals surface area contributed by atoms with Gasteiger partial charge in [0.05, 0.1) is 17.4 Å². The normalized spacial score (nSPS) is 31.3. The zero-order chi connectivity index (χ0) is 13.6. The first-order valence-corrected chi connectivity index (χ1v) is 7.83. The molecule has 2 rings (SSSR count). The lowest BCUT2D eigenvalue weighted by molar-refractivity contribution is 0.253. The quantitative estimate of drug-likeness (QED) is 0.864. The lowest BCUT2D eigenvalue weighted by Gasteiger charge is -2.07. The third-order valence-electron chi connectivity index (χ3n) is 3.57. The molecule has 3 N–H and O–H groups in total. The van der Waals surface area contributed by atoms with Crippen LogP contribution in [0.25, 0.3) is 0 Å². The predicted molar refractivity (Wildman–Crippen MR) is 71.4 cm³/mol. The second-order valence-electron chi connectivity index (χ2n) is 4.68. The summed E-state index contributed by atoms with van der Waals surface area (Å²) in [5, 5.41) is 9.18. The first kappa shape index (κ1) is 13.8. The Kier molecular flexibility index (Phi) is 3.44. The van der Waals surface area contributed by atoms with Gasteiger partial charge >= 0.3 is 0 Å². The van der Waals surface area contributed by atoms with Crippen LogP contribution < -0.4 is 5.73 Å². The number of rotatable bonds is 4. The van der Waals surface area contributed by atoms with Gasteiger partial charge in [-0.25, -0.2) is 8.42 Å². The highest BCUT2D eigenvalue weighted by Gasteiger charge is 2.68. The number of aliphatic hydroxyl groups excluding tert-OH is 1. The Balaban J connectivity index is 2.40. The number of benzene rings is 1. The Morgan fingerprint density at radius 1 is 1.50 bits per heavy atom. The van der Waals surface area contributed by atoms with Crippen molar-refractivity contribution < 1.29 is 13.5 Å². The Hall–Kier alpha value is -0.620. The van der Waals surface area contributed by atoms with Gasteiger partial charge in [-0.15, -0.1) is 0 Å². The Labute approximate surface area is 112 Å². The predicted octanol–water partition coefficient (Wildman–Crippen LogP) is 0.930. The number of halogens is 1. The van der Waals surface area contributed by atoms with E-state index in [0.717, 1.165) is 5.56 Å². The molecule has 1 aromatic rings. The van der Waals surface area contributed by atoms with Gasteiger partial charge in [-0.3, -0.25) is 0 Å². The van der Waals surface area contributed by atoms with E-state index < -0.39 is 20.6 Å². The first-order chi connectivity index (χ1) is 8.36. The highest BCUT2D eigenvalue weighted by molar-refractivity contribution is 7.92. The Morgan fingerprint density at radius 3 is 2.67 bits per heavy atom. The molecule has 0 spiro atoms. The summed E-state index contributed by atoms with van der Waals surface area (Å²) in [6.45, 7) is 1.23. The van der Waals surface area contributed by atoms with Crippen LogP contribution in [0.15, 0.2) is 24.3 Å². The van der Waals surface area contributed by atoms with E-state index in [1.165, 1.54) is 0 Å². The van der Waals surface area contributed by atoms with Crippen LogP contribution in [0.2, 0.25) is 5.02 Å². The average molecular weight is 290 g/mol. The summed E-state index contributed by atoms with van der Waals surface area (Å²) in [6, 6.07) is 6.96. The van der Waals surface area contributed by atoms with Crippen molar-refractivity contribution >= 4 is 21.4 Å². The molecule has 6 heteroatoms. The minimum atomic E-state index is -3.28. The topological polar surface area (TPSA) is 80.4 Å². The molecule has 3 atom stereocenters. The van der Waals surface area contributed by atoms with Crippen LogP contribution in [0.1, 0.15) is 18.4 Å². The van der Waals surface area contributed by atoms with Crippen molar-refractivity contribution in [1.82, 2.24) is 0 Å². The summed E-state index contributed by atoms with van der Waals surface area (Å²) >= 11 is 5.90. The highest BCUT2D eigenvalue weighted by atomic mass is 35.5. The van der Waals surface area contributed by atoms with Crippen LogP contribution in [0.5, 0.6) is 0 Å². The van der Waals surface area contributed by atoms with Gasteiger partial charge in [0.25, 0.3) is 0 Å². The molecule has 1 aromatic carbocycles. The fourth-order valence-corrected chi connectivity index (χ4v) is 4.71. The molecule has 0 saturated heterocycles. The summed E-state index contributed by atoms with van der Waals surface area (Å²) in [7, 11) is -3.28. The summed E-state index contributed by atoms with van der Waals surface area (Å²) in [6.07, 6.45) is 0. The van der Waals surface area contributed by atoms with Gasteiger partial charge in [0.1, 0.15) is 0 Å². The summed E-state index contributed by atoms with van der Waals surface area (Å²) < 4.78 is 24.0. The van der Waals surface area contributed by atoms with Crippen molar-refractivity contribution in [1.29, 1.82) is 0 Å². The van der Waals surface area contributed by atoms with Gasteiger partial charge in [0.2, 0.25) is 0 Å². The van der Waals surface area contributed by atoms with Crippen molar-refractivity contribution in [3.63, 3.8) is 0 Å². The fourth-order valence-electron chi connectivity index (χ4n) is 2.52. The molecule has 1 aliphatic rings. The highest BCUT2D eigenvalue weighted by Crippen LogP contribution is 2.54. The van der Waals surface area contributed by atoms with Crippen LogP contribution in [-0.2, 0) is 9.84 Å². The maximum atomic E-state index is 12.0. The molecule has 0 aromatic heterocycles. The minimum Gasteiger partial charge on any atom is -0.394 e. The smallest absolute Gasteiger partial charge is 0.155 e. The fraction of sp³-hybridized carbons (Fsp3) is 0.500. The molecule has 18 heavy (non-hydrogen) atoms. The molecular weight excluding hydrogens is 274 g/mol. The maximum Gasteiger partial charge on any atom is 0.155 e. The van der Waals surface area contributed by atoms with Gasteiger partial charge in [-0.2, -0.15) is 0 Å². The van der Waals surface area contributed by atoms with Gasteiger partial charge < -0.3 is 10.8 Å². The number of sulfone groups is 1. The standard InChI is InChI=1S/C12H16ClNO3S/c1-2-18(16,17)11-10(12(11,14)7-15)8-4-3-5-9(13)6-8/h3-6,10-11,15H,2,7,14H2,1H3/t10-,11+,12+/m0/s1. The summed E-state index contributed by atoms with van der Waals surface area (Å²) in [5.74, 6) is -0.362. The number of hydrogen-bond donors (Lipinski definition) is 2. The van der Waals surface area contributed by atoms with Crippen molar-refractivity contribution in [2.45, 2.75) is 23.6 Å². The second kappa shape index (κ2) is 4.49. The van der Waals surface area contributed by atoms with Crippen LogP contribution in [0, 0.1) is 0 Å². The summed E-state index contributed by atoms with van der Waals surface area (Å²) in [5.41, 5.74) is 5.69. The Bertz CT molecular complexity index is 560.